The second kappa shape index (κ2) is 8.31. The zero-order valence-electron chi connectivity index (χ0n) is 12.1. The van der Waals surface area contributed by atoms with E-state index in [1.54, 1.807) is 30.3 Å². The third-order valence-electron chi connectivity index (χ3n) is 3.32. The topological polar surface area (TPSA) is 66.4 Å². The van der Waals surface area contributed by atoms with Gasteiger partial charge in [-0.05, 0) is 58.8 Å². The Hall–Kier alpha value is -1.60. The number of aliphatic carboxylic acids is 1. The van der Waals surface area contributed by atoms with Crippen LogP contribution < -0.4 is 5.32 Å². The number of rotatable bonds is 6. The monoisotopic (exact) mass is 443 g/mol. The predicted octanol–water partition coefficient (Wildman–Crippen LogP) is 4.22. The van der Waals surface area contributed by atoms with E-state index < -0.39 is 11.9 Å². The number of hydrogen-bond acceptors (Lipinski definition) is 2. The van der Waals surface area contributed by atoms with Gasteiger partial charge in [-0.3, -0.25) is 9.59 Å². The summed E-state index contributed by atoms with van der Waals surface area (Å²) in [5, 5.41) is 12.7. The Morgan fingerprint density at radius 1 is 1.13 bits per heavy atom. The molecule has 0 aliphatic carbocycles. The molecule has 2 aromatic carbocycles. The highest BCUT2D eigenvalue weighted by Gasteiger charge is 2.22. The summed E-state index contributed by atoms with van der Waals surface area (Å²) >= 11 is 7.94. The number of para-hydroxylation sites is 1. The normalized spacial score (nSPS) is 11.7. The fourth-order valence-electron chi connectivity index (χ4n) is 2.14. The molecule has 1 amide bonds. The van der Waals surface area contributed by atoms with Crippen LogP contribution in [0, 0.1) is 9.49 Å². The number of carbonyl (C=O) groups excluding carboxylic acids is 1. The van der Waals surface area contributed by atoms with E-state index in [1.165, 1.54) is 0 Å². The average Bonchev–Trinajstić information content (AvgIpc) is 2.51. The van der Waals surface area contributed by atoms with Crippen LogP contribution in [0.15, 0.2) is 48.5 Å². The summed E-state index contributed by atoms with van der Waals surface area (Å²) in [6, 6.07) is 14.3. The van der Waals surface area contributed by atoms with Crippen molar-refractivity contribution in [1.82, 2.24) is 0 Å². The molecule has 120 valence electrons. The van der Waals surface area contributed by atoms with Crippen LogP contribution in [0.3, 0.4) is 0 Å². The summed E-state index contributed by atoms with van der Waals surface area (Å²) in [6.45, 7) is 0. The molecule has 0 saturated carbocycles. The number of carbonyl (C=O) groups is 2. The Kier molecular flexibility index (Phi) is 6.41. The zero-order chi connectivity index (χ0) is 16.8. The van der Waals surface area contributed by atoms with Crippen LogP contribution >= 0.6 is 34.2 Å². The molecular weight excluding hydrogens is 429 g/mol. The standard InChI is InChI=1S/C17H15ClINO3/c18-13-7-5-11(6-8-13)9-12(17(22)23)10-16(21)20-15-4-2-1-3-14(15)19/h1-8,12H,9-10H2,(H,20,21)(H,22,23)/t12-/m0/s1. The van der Waals surface area contributed by atoms with E-state index in [0.717, 1.165) is 9.13 Å². The first-order valence-corrected chi connectivity index (χ1v) is 8.43. The highest BCUT2D eigenvalue weighted by molar-refractivity contribution is 14.1. The molecule has 0 bridgehead atoms. The molecule has 0 aliphatic heterocycles. The molecule has 2 aromatic rings. The summed E-state index contributed by atoms with van der Waals surface area (Å²) in [5.41, 5.74) is 1.53. The second-order valence-electron chi connectivity index (χ2n) is 5.10. The molecule has 0 aliphatic rings. The number of carboxylic acids is 1. The van der Waals surface area contributed by atoms with E-state index in [2.05, 4.69) is 27.9 Å². The quantitative estimate of drug-likeness (QED) is 0.657. The van der Waals surface area contributed by atoms with Gasteiger partial charge in [-0.25, -0.2) is 0 Å². The fraction of sp³-hybridized carbons (Fsp3) is 0.176. The molecule has 1 atom stereocenters. The lowest BCUT2D eigenvalue weighted by Crippen LogP contribution is -2.24. The third-order valence-corrected chi connectivity index (χ3v) is 4.52. The van der Waals surface area contributed by atoms with E-state index in [4.69, 9.17) is 11.6 Å². The summed E-state index contributed by atoms with van der Waals surface area (Å²) in [7, 11) is 0. The van der Waals surface area contributed by atoms with Crippen LogP contribution in [0.4, 0.5) is 5.69 Å². The number of benzene rings is 2. The van der Waals surface area contributed by atoms with Gasteiger partial charge in [0.2, 0.25) is 5.91 Å². The van der Waals surface area contributed by atoms with Gasteiger partial charge < -0.3 is 10.4 Å². The van der Waals surface area contributed by atoms with Crippen molar-refractivity contribution in [2.24, 2.45) is 5.92 Å². The summed E-state index contributed by atoms with van der Waals surface area (Å²) in [4.78, 5) is 23.5. The molecule has 0 heterocycles. The Bertz CT molecular complexity index is 703. The molecule has 23 heavy (non-hydrogen) atoms. The first-order valence-electron chi connectivity index (χ1n) is 6.97. The number of hydrogen-bond donors (Lipinski definition) is 2. The average molecular weight is 444 g/mol. The number of nitrogens with one attached hydrogen (secondary N) is 1. The van der Waals surface area contributed by atoms with Crippen molar-refractivity contribution >= 4 is 51.8 Å². The molecule has 0 saturated heterocycles. The molecular formula is C17H15ClINO3. The van der Waals surface area contributed by atoms with Crippen LogP contribution in [0.5, 0.6) is 0 Å². The SMILES string of the molecule is O=C(C[C@H](Cc1ccc(Cl)cc1)C(=O)O)Nc1ccccc1I. The lowest BCUT2D eigenvalue weighted by atomic mass is 9.96. The van der Waals surface area contributed by atoms with Gasteiger partial charge in [0.05, 0.1) is 11.6 Å². The van der Waals surface area contributed by atoms with Crippen molar-refractivity contribution in [2.45, 2.75) is 12.8 Å². The van der Waals surface area contributed by atoms with E-state index in [9.17, 15) is 14.7 Å². The van der Waals surface area contributed by atoms with Gasteiger partial charge in [-0.15, -0.1) is 0 Å². The molecule has 0 radical (unpaired) electrons. The third kappa shape index (κ3) is 5.51. The van der Waals surface area contributed by atoms with Crippen molar-refractivity contribution < 1.29 is 14.7 Å². The summed E-state index contributed by atoms with van der Waals surface area (Å²) in [6.07, 6.45) is 0.203. The van der Waals surface area contributed by atoms with Crippen molar-refractivity contribution in [3.63, 3.8) is 0 Å². The van der Waals surface area contributed by atoms with Crippen LogP contribution in [0.1, 0.15) is 12.0 Å². The maximum Gasteiger partial charge on any atom is 0.307 e. The lowest BCUT2D eigenvalue weighted by Gasteiger charge is -2.13. The van der Waals surface area contributed by atoms with Crippen molar-refractivity contribution in [3.8, 4) is 0 Å². The van der Waals surface area contributed by atoms with Crippen LogP contribution in [0.2, 0.25) is 5.02 Å². The number of amides is 1. The van der Waals surface area contributed by atoms with Gasteiger partial charge in [-0.2, -0.15) is 0 Å². The molecule has 0 spiro atoms. The smallest absolute Gasteiger partial charge is 0.307 e. The molecule has 0 aromatic heterocycles. The van der Waals surface area contributed by atoms with E-state index in [0.29, 0.717) is 10.7 Å². The van der Waals surface area contributed by atoms with Crippen LogP contribution in [0.25, 0.3) is 0 Å². The van der Waals surface area contributed by atoms with Crippen LogP contribution in [-0.4, -0.2) is 17.0 Å². The van der Waals surface area contributed by atoms with Crippen LogP contribution in [-0.2, 0) is 16.0 Å². The largest absolute Gasteiger partial charge is 0.481 e. The van der Waals surface area contributed by atoms with Gasteiger partial charge in [0, 0.05) is 15.0 Å². The van der Waals surface area contributed by atoms with Crippen molar-refractivity contribution in [2.75, 3.05) is 5.32 Å². The predicted molar refractivity (Wildman–Crippen MR) is 98.7 cm³/mol. The Labute approximate surface area is 153 Å². The Balaban J connectivity index is 2.01. The highest BCUT2D eigenvalue weighted by atomic mass is 127. The van der Waals surface area contributed by atoms with Crippen molar-refractivity contribution in [3.05, 3.63) is 62.7 Å². The van der Waals surface area contributed by atoms with E-state index in [-0.39, 0.29) is 18.7 Å². The number of halogens is 2. The second-order valence-corrected chi connectivity index (χ2v) is 6.70. The first kappa shape index (κ1) is 17.7. The molecule has 4 nitrogen and oxygen atoms in total. The molecule has 0 fully saturated rings. The van der Waals surface area contributed by atoms with Gasteiger partial charge in [0.25, 0.3) is 0 Å². The summed E-state index contributed by atoms with van der Waals surface area (Å²) in [5.74, 6) is -2.08. The van der Waals surface area contributed by atoms with Gasteiger partial charge in [0.15, 0.2) is 0 Å². The minimum absolute atomic E-state index is 0.0804. The Morgan fingerprint density at radius 3 is 2.39 bits per heavy atom. The fourth-order valence-corrected chi connectivity index (χ4v) is 2.79. The number of carboxylic acid groups (broad SMARTS) is 1. The maximum atomic E-state index is 12.1. The lowest BCUT2D eigenvalue weighted by molar-refractivity contribution is -0.143. The molecule has 6 heteroatoms. The zero-order valence-corrected chi connectivity index (χ0v) is 15.0. The Morgan fingerprint density at radius 2 is 1.78 bits per heavy atom. The minimum atomic E-state index is -0.988. The van der Waals surface area contributed by atoms with Crippen molar-refractivity contribution in [1.29, 1.82) is 0 Å². The van der Waals surface area contributed by atoms with E-state index in [1.807, 2.05) is 18.2 Å². The minimum Gasteiger partial charge on any atom is -0.481 e. The molecule has 2 N–H and O–H groups in total. The molecule has 0 unspecified atom stereocenters. The highest BCUT2D eigenvalue weighted by Crippen LogP contribution is 2.20. The van der Waals surface area contributed by atoms with Gasteiger partial charge in [0.1, 0.15) is 0 Å². The van der Waals surface area contributed by atoms with Gasteiger partial charge >= 0.3 is 5.97 Å². The summed E-state index contributed by atoms with van der Waals surface area (Å²) < 4.78 is 0.906. The van der Waals surface area contributed by atoms with E-state index >= 15 is 0 Å². The first-order chi connectivity index (χ1) is 11.0. The molecule has 2 rings (SSSR count). The number of anilines is 1. The van der Waals surface area contributed by atoms with Gasteiger partial charge in [-0.1, -0.05) is 35.9 Å². The maximum absolute atomic E-state index is 12.1.